The van der Waals surface area contributed by atoms with Gasteiger partial charge in [-0.05, 0) is 24.5 Å². The number of nitrogens with one attached hydrogen (secondary N) is 2. The minimum atomic E-state index is 0. The van der Waals surface area contributed by atoms with Crippen molar-refractivity contribution < 1.29 is 4.79 Å². The number of carbonyl (C=O) groups excluding carboxylic acids is 1. The quantitative estimate of drug-likeness (QED) is 0.353. The Hall–Kier alpha value is -0.830. The van der Waals surface area contributed by atoms with Gasteiger partial charge in [-0.15, -0.1) is 24.0 Å². The van der Waals surface area contributed by atoms with Crippen molar-refractivity contribution in [3.05, 3.63) is 34.3 Å². The molecule has 0 bridgehead atoms. The molecule has 0 heterocycles. The Kier molecular flexibility index (Phi) is 8.49. The standard InChI is InChI=1S/C17H25BrN4O.HI/c1-19-16(20-11-8-15(23)22(2)3)21-12-17(9-10-17)13-6-4-5-7-14(13)18;/h4-7H,8-12H2,1-3H3,(H2,19,20,21);1H. The molecule has 1 aromatic carbocycles. The summed E-state index contributed by atoms with van der Waals surface area (Å²) in [4.78, 5) is 17.4. The molecule has 0 aliphatic heterocycles. The first-order chi connectivity index (χ1) is 11.0. The van der Waals surface area contributed by atoms with Crippen molar-refractivity contribution in [2.45, 2.75) is 24.7 Å². The smallest absolute Gasteiger partial charge is 0.223 e. The van der Waals surface area contributed by atoms with Crippen molar-refractivity contribution in [2.75, 3.05) is 34.2 Å². The van der Waals surface area contributed by atoms with Gasteiger partial charge in [-0.1, -0.05) is 34.1 Å². The summed E-state index contributed by atoms with van der Waals surface area (Å²) in [6, 6.07) is 8.40. The highest BCUT2D eigenvalue weighted by atomic mass is 127. The zero-order valence-corrected chi connectivity index (χ0v) is 18.4. The lowest BCUT2D eigenvalue weighted by Crippen LogP contribution is -2.42. The Morgan fingerprint density at radius 3 is 2.50 bits per heavy atom. The normalized spacial score (nSPS) is 15.2. The van der Waals surface area contributed by atoms with E-state index in [0.29, 0.717) is 13.0 Å². The van der Waals surface area contributed by atoms with E-state index in [1.54, 1.807) is 26.0 Å². The minimum Gasteiger partial charge on any atom is -0.356 e. The van der Waals surface area contributed by atoms with Gasteiger partial charge in [-0.25, -0.2) is 0 Å². The Morgan fingerprint density at radius 1 is 1.29 bits per heavy atom. The van der Waals surface area contributed by atoms with Crippen LogP contribution in [0.4, 0.5) is 0 Å². The maximum Gasteiger partial charge on any atom is 0.223 e. The first kappa shape index (κ1) is 21.2. The second-order valence-corrected chi connectivity index (χ2v) is 7.01. The number of hydrogen-bond donors (Lipinski definition) is 2. The fourth-order valence-electron chi connectivity index (χ4n) is 2.57. The van der Waals surface area contributed by atoms with Gasteiger partial charge >= 0.3 is 0 Å². The fraction of sp³-hybridized carbons (Fsp3) is 0.529. The average Bonchev–Trinajstić information content (AvgIpc) is 3.31. The summed E-state index contributed by atoms with van der Waals surface area (Å²) in [5.74, 6) is 0.856. The van der Waals surface area contributed by atoms with E-state index in [0.717, 1.165) is 12.5 Å². The highest BCUT2D eigenvalue weighted by Crippen LogP contribution is 2.49. The highest BCUT2D eigenvalue weighted by Gasteiger charge is 2.45. The summed E-state index contributed by atoms with van der Waals surface area (Å²) >= 11 is 3.65. The molecule has 24 heavy (non-hydrogen) atoms. The lowest BCUT2D eigenvalue weighted by molar-refractivity contribution is -0.128. The Balaban J connectivity index is 0.00000288. The van der Waals surface area contributed by atoms with Crippen molar-refractivity contribution in [3.63, 3.8) is 0 Å². The SMILES string of the molecule is CN=C(NCCC(=O)N(C)C)NCC1(c2ccccc2Br)CC1.I. The van der Waals surface area contributed by atoms with Crippen LogP contribution in [-0.4, -0.2) is 51.0 Å². The number of rotatable bonds is 6. The number of benzene rings is 1. The lowest BCUT2D eigenvalue weighted by Gasteiger charge is -2.20. The monoisotopic (exact) mass is 508 g/mol. The van der Waals surface area contributed by atoms with Gasteiger partial charge in [0.05, 0.1) is 0 Å². The molecule has 1 aliphatic carbocycles. The minimum absolute atomic E-state index is 0. The number of hydrogen-bond acceptors (Lipinski definition) is 2. The molecule has 134 valence electrons. The molecular formula is C17H26BrIN4O. The van der Waals surface area contributed by atoms with E-state index in [1.165, 1.54) is 22.9 Å². The Bertz CT molecular complexity index is 588. The van der Waals surface area contributed by atoms with Crippen LogP contribution in [0.5, 0.6) is 0 Å². The van der Waals surface area contributed by atoms with Crippen molar-refractivity contribution in [1.29, 1.82) is 0 Å². The summed E-state index contributed by atoms with van der Waals surface area (Å²) in [6.07, 6.45) is 2.82. The summed E-state index contributed by atoms with van der Waals surface area (Å²) in [5, 5.41) is 6.60. The number of nitrogens with zero attached hydrogens (tertiary/aromatic N) is 2. The first-order valence-electron chi connectivity index (χ1n) is 7.88. The number of carbonyl (C=O) groups is 1. The molecule has 0 spiro atoms. The average molecular weight is 509 g/mol. The predicted molar refractivity (Wildman–Crippen MR) is 113 cm³/mol. The second-order valence-electron chi connectivity index (χ2n) is 6.15. The third kappa shape index (κ3) is 5.61. The van der Waals surface area contributed by atoms with Crippen LogP contribution in [-0.2, 0) is 10.2 Å². The molecule has 7 heteroatoms. The molecule has 1 aliphatic rings. The van der Waals surface area contributed by atoms with E-state index in [4.69, 9.17) is 0 Å². The van der Waals surface area contributed by atoms with Gasteiger partial charge in [0.2, 0.25) is 5.91 Å². The Morgan fingerprint density at radius 2 is 1.96 bits per heavy atom. The summed E-state index contributed by atoms with van der Waals surface area (Å²) < 4.78 is 1.17. The van der Waals surface area contributed by atoms with Crippen molar-refractivity contribution in [2.24, 2.45) is 4.99 Å². The Labute approximate surface area is 169 Å². The molecule has 1 amide bonds. The highest BCUT2D eigenvalue weighted by molar-refractivity contribution is 14.0. The van der Waals surface area contributed by atoms with Crippen molar-refractivity contribution >= 4 is 51.8 Å². The van der Waals surface area contributed by atoms with Crippen LogP contribution in [0.15, 0.2) is 33.7 Å². The van der Waals surface area contributed by atoms with Crippen LogP contribution in [0.3, 0.4) is 0 Å². The van der Waals surface area contributed by atoms with E-state index < -0.39 is 0 Å². The van der Waals surface area contributed by atoms with Crippen LogP contribution in [0.25, 0.3) is 0 Å². The van der Waals surface area contributed by atoms with E-state index in [9.17, 15) is 4.79 Å². The van der Waals surface area contributed by atoms with Crippen LogP contribution in [0, 0.1) is 0 Å². The van der Waals surface area contributed by atoms with Crippen molar-refractivity contribution in [3.8, 4) is 0 Å². The van der Waals surface area contributed by atoms with Gasteiger partial charge in [0.25, 0.3) is 0 Å². The third-order valence-corrected chi connectivity index (χ3v) is 4.94. The van der Waals surface area contributed by atoms with Crippen LogP contribution in [0.2, 0.25) is 0 Å². The van der Waals surface area contributed by atoms with Crippen molar-refractivity contribution in [1.82, 2.24) is 15.5 Å². The van der Waals surface area contributed by atoms with Crippen LogP contribution >= 0.6 is 39.9 Å². The van der Waals surface area contributed by atoms with Gasteiger partial charge < -0.3 is 15.5 Å². The topological polar surface area (TPSA) is 56.7 Å². The molecule has 1 aromatic rings. The van der Waals surface area contributed by atoms with Crippen LogP contribution < -0.4 is 10.6 Å². The van der Waals surface area contributed by atoms with Gasteiger partial charge in [0.15, 0.2) is 5.96 Å². The molecule has 2 rings (SSSR count). The van der Waals surface area contributed by atoms with Gasteiger partial charge in [0.1, 0.15) is 0 Å². The van der Waals surface area contributed by atoms with Gasteiger partial charge in [0, 0.05) is 50.5 Å². The number of halogens is 2. The van der Waals surface area contributed by atoms with E-state index in [-0.39, 0.29) is 35.3 Å². The number of amides is 1. The van der Waals surface area contributed by atoms with Gasteiger partial charge in [-0.3, -0.25) is 9.79 Å². The predicted octanol–water partition coefficient (Wildman–Crippen LogP) is 2.74. The first-order valence-corrected chi connectivity index (χ1v) is 8.67. The molecule has 2 N–H and O–H groups in total. The molecule has 0 radical (unpaired) electrons. The summed E-state index contributed by atoms with van der Waals surface area (Å²) in [7, 11) is 5.29. The lowest BCUT2D eigenvalue weighted by atomic mass is 9.96. The van der Waals surface area contributed by atoms with E-state index >= 15 is 0 Å². The van der Waals surface area contributed by atoms with E-state index in [1.807, 2.05) is 6.07 Å². The number of guanidine groups is 1. The molecule has 1 saturated carbocycles. The molecule has 0 atom stereocenters. The van der Waals surface area contributed by atoms with Gasteiger partial charge in [-0.2, -0.15) is 0 Å². The molecular weight excluding hydrogens is 483 g/mol. The zero-order valence-electron chi connectivity index (χ0n) is 14.4. The maximum atomic E-state index is 11.6. The molecule has 0 unspecified atom stereocenters. The molecule has 1 fully saturated rings. The largest absolute Gasteiger partial charge is 0.356 e. The molecule has 0 aromatic heterocycles. The summed E-state index contributed by atoms with van der Waals surface area (Å²) in [5.41, 5.74) is 1.54. The third-order valence-electron chi connectivity index (χ3n) is 4.25. The molecule has 5 nitrogen and oxygen atoms in total. The summed E-state index contributed by atoms with van der Waals surface area (Å²) in [6.45, 7) is 1.43. The van der Waals surface area contributed by atoms with Crippen LogP contribution in [0.1, 0.15) is 24.8 Å². The fourth-order valence-corrected chi connectivity index (χ4v) is 3.27. The number of aliphatic imine (C=N–C) groups is 1. The second kappa shape index (κ2) is 9.60. The van der Waals surface area contributed by atoms with E-state index in [2.05, 4.69) is 49.8 Å². The maximum absolute atomic E-state index is 11.6. The molecule has 0 saturated heterocycles. The zero-order chi connectivity index (χ0) is 16.9.